The molecule has 0 unspecified atom stereocenters. The quantitative estimate of drug-likeness (QED) is 0.917. The van der Waals surface area contributed by atoms with Crippen molar-refractivity contribution >= 4 is 6.03 Å². The fourth-order valence-electron chi connectivity index (χ4n) is 3.38. The Morgan fingerprint density at radius 2 is 2.20 bits per heavy atom. The first-order valence-corrected chi connectivity index (χ1v) is 7.58. The number of nitrogens with zero attached hydrogens (tertiary/aromatic N) is 4. The van der Waals surface area contributed by atoms with Gasteiger partial charge in [0.1, 0.15) is 6.33 Å². The zero-order valence-electron chi connectivity index (χ0n) is 12.2. The fraction of sp³-hybridized carbons (Fsp3) is 0.786. The van der Waals surface area contributed by atoms with Gasteiger partial charge in [0.15, 0.2) is 5.82 Å². The van der Waals surface area contributed by atoms with E-state index >= 15 is 0 Å². The number of amides is 2. The van der Waals surface area contributed by atoms with Gasteiger partial charge in [-0.15, -0.1) is 10.2 Å². The van der Waals surface area contributed by atoms with Crippen LogP contribution in [0.2, 0.25) is 0 Å². The van der Waals surface area contributed by atoms with Crippen LogP contribution in [0.15, 0.2) is 6.33 Å². The minimum atomic E-state index is -0.113. The highest BCUT2D eigenvalue weighted by Gasteiger charge is 2.37. The lowest BCUT2D eigenvalue weighted by Crippen LogP contribution is -2.47. The fourth-order valence-corrected chi connectivity index (χ4v) is 3.38. The van der Waals surface area contributed by atoms with Gasteiger partial charge in [-0.25, -0.2) is 4.79 Å². The van der Waals surface area contributed by atoms with E-state index in [1.54, 1.807) is 6.33 Å². The van der Waals surface area contributed by atoms with Crippen LogP contribution in [0, 0.1) is 5.92 Å². The average molecular weight is 277 g/mol. The normalized spacial score (nSPS) is 24.5. The number of hydrogen-bond donors (Lipinski definition) is 1. The molecule has 1 aromatic rings. The summed E-state index contributed by atoms with van der Waals surface area (Å²) < 4.78 is 1.85. The second kappa shape index (κ2) is 5.42. The summed E-state index contributed by atoms with van der Waals surface area (Å²) in [7, 11) is 1.89. The number of nitrogens with one attached hydrogen (secondary N) is 1. The number of urea groups is 1. The summed E-state index contributed by atoms with van der Waals surface area (Å²) in [4.78, 5) is 14.5. The van der Waals surface area contributed by atoms with Crippen molar-refractivity contribution < 1.29 is 4.79 Å². The third-order valence-electron chi connectivity index (χ3n) is 4.73. The molecule has 1 saturated carbocycles. The zero-order valence-corrected chi connectivity index (χ0v) is 12.2. The Morgan fingerprint density at radius 3 is 2.80 bits per heavy atom. The van der Waals surface area contributed by atoms with Gasteiger partial charge in [0.2, 0.25) is 0 Å². The summed E-state index contributed by atoms with van der Waals surface area (Å²) in [6.45, 7) is 2.84. The highest BCUT2D eigenvalue weighted by atomic mass is 16.2. The number of hydrogen-bond acceptors (Lipinski definition) is 3. The molecular formula is C14H23N5O. The van der Waals surface area contributed by atoms with Crippen LogP contribution in [-0.4, -0.2) is 38.3 Å². The Kier molecular flexibility index (Phi) is 3.63. The van der Waals surface area contributed by atoms with Gasteiger partial charge in [0, 0.05) is 19.6 Å². The number of rotatable bonds is 3. The molecular weight excluding hydrogens is 254 g/mol. The molecule has 2 fully saturated rings. The second-order valence-corrected chi connectivity index (χ2v) is 6.07. The van der Waals surface area contributed by atoms with Gasteiger partial charge in [-0.05, 0) is 38.5 Å². The second-order valence-electron chi connectivity index (χ2n) is 6.07. The molecule has 0 bridgehead atoms. The number of likely N-dealkylation sites (tertiary alicyclic amines) is 1. The van der Waals surface area contributed by atoms with Crippen LogP contribution >= 0.6 is 0 Å². The predicted octanol–water partition coefficient (Wildman–Crippen LogP) is 1.85. The Labute approximate surface area is 119 Å². The number of aromatic nitrogens is 3. The molecule has 1 N–H and O–H groups in total. The van der Waals surface area contributed by atoms with Crippen molar-refractivity contribution in [3.05, 3.63) is 12.2 Å². The van der Waals surface area contributed by atoms with Gasteiger partial charge < -0.3 is 14.8 Å². The number of carbonyl (C=O) groups is 1. The summed E-state index contributed by atoms with van der Waals surface area (Å²) in [5.41, 5.74) is 0. The molecule has 3 rings (SSSR count). The first kappa shape index (κ1) is 13.4. The van der Waals surface area contributed by atoms with Crippen LogP contribution in [0.3, 0.4) is 0 Å². The first-order valence-electron chi connectivity index (χ1n) is 7.58. The highest BCUT2D eigenvalue weighted by Crippen LogP contribution is 2.37. The Bertz CT molecular complexity index is 482. The van der Waals surface area contributed by atoms with E-state index in [0.717, 1.165) is 31.1 Å². The summed E-state index contributed by atoms with van der Waals surface area (Å²) in [6, 6.07) is 0.392. The van der Waals surface area contributed by atoms with E-state index in [4.69, 9.17) is 0 Å². The van der Waals surface area contributed by atoms with Crippen LogP contribution in [0.4, 0.5) is 4.79 Å². The molecule has 0 spiro atoms. The van der Waals surface area contributed by atoms with E-state index in [2.05, 4.69) is 15.5 Å². The molecule has 2 amide bonds. The van der Waals surface area contributed by atoms with Crippen LogP contribution in [0.25, 0.3) is 0 Å². The molecule has 1 aliphatic heterocycles. The Balaban J connectivity index is 1.62. The topological polar surface area (TPSA) is 63.1 Å². The van der Waals surface area contributed by atoms with Gasteiger partial charge in [0.25, 0.3) is 0 Å². The maximum absolute atomic E-state index is 12.5. The molecule has 6 heteroatoms. The molecule has 20 heavy (non-hydrogen) atoms. The van der Waals surface area contributed by atoms with Gasteiger partial charge in [-0.3, -0.25) is 0 Å². The van der Waals surface area contributed by atoms with Crippen LogP contribution in [0.1, 0.15) is 50.9 Å². The molecule has 0 radical (unpaired) electrons. The lowest BCUT2D eigenvalue weighted by Gasteiger charge is -2.37. The van der Waals surface area contributed by atoms with E-state index in [0.29, 0.717) is 6.04 Å². The number of carbonyl (C=O) groups excluding carboxylic acids is 1. The van der Waals surface area contributed by atoms with Gasteiger partial charge in [-0.1, -0.05) is 6.42 Å². The van der Waals surface area contributed by atoms with Crippen molar-refractivity contribution in [1.29, 1.82) is 0 Å². The van der Waals surface area contributed by atoms with E-state index in [9.17, 15) is 4.79 Å². The Hall–Kier alpha value is -1.59. The maximum Gasteiger partial charge on any atom is 0.318 e. The van der Waals surface area contributed by atoms with Crippen molar-refractivity contribution in [3.63, 3.8) is 0 Å². The smallest absolute Gasteiger partial charge is 0.318 e. The maximum atomic E-state index is 12.5. The summed E-state index contributed by atoms with van der Waals surface area (Å²) in [5.74, 6) is 1.52. The minimum absolute atomic E-state index is 0.0508. The largest absolute Gasteiger partial charge is 0.328 e. The molecule has 1 saturated heterocycles. The molecule has 0 aromatic carbocycles. The van der Waals surface area contributed by atoms with E-state index in [1.807, 2.05) is 23.4 Å². The van der Waals surface area contributed by atoms with Gasteiger partial charge in [-0.2, -0.15) is 0 Å². The van der Waals surface area contributed by atoms with Crippen LogP contribution < -0.4 is 5.32 Å². The average Bonchev–Trinajstić information content (AvgIpc) is 2.95. The molecule has 2 atom stereocenters. The summed E-state index contributed by atoms with van der Waals surface area (Å²) >= 11 is 0. The van der Waals surface area contributed by atoms with E-state index < -0.39 is 0 Å². The Morgan fingerprint density at radius 1 is 1.40 bits per heavy atom. The molecule has 1 aliphatic carbocycles. The van der Waals surface area contributed by atoms with Crippen LogP contribution in [0.5, 0.6) is 0 Å². The van der Waals surface area contributed by atoms with Gasteiger partial charge in [0.05, 0.1) is 6.04 Å². The predicted molar refractivity (Wildman–Crippen MR) is 75.0 cm³/mol. The lowest BCUT2D eigenvalue weighted by atomic mass is 9.79. The van der Waals surface area contributed by atoms with E-state index in [-0.39, 0.29) is 12.1 Å². The summed E-state index contributed by atoms with van der Waals surface area (Å²) in [6.07, 6.45) is 7.85. The van der Waals surface area contributed by atoms with Crippen molar-refractivity contribution in [2.75, 3.05) is 6.54 Å². The van der Waals surface area contributed by atoms with E-state index in [1.165, 1.54) is 19.3 Å². The first-order chi connectivity index (χ1) is 9.66. The van der Waals surface area contributed by atoms with Crippen LogP contribution in [-0.2, 0) is 7.05 Å². The standard InChI is InChI=1S/C14H23N5O/c1-10(13-17-15-9-18(13)2)16-14(20)19-8-4-7-12(19)11-5-3-6-11/h9-12H,3-8H2,1-2H3,(H,16,20)/t10-,12+/m0/s1. The third-order valence-corrected chi connectivity index (χ3v) is 4.73. The molecule has 6 nitrogen and oxygen atoms in total. The SMILES string of the molecule is C[C@H](NC(=O)N1CCC[C@@H]1C1CCC1)c1nncn1C. The van der Waals surface area contributed by atoms with Gasteiger partial charge >= 0.3 is 6.03 Å². The molecule has 2 heterocycles. The zero-order chi connectivity index (χ0) is 14.1. The van der Waals surface area contributed by atoms with Crippen molar-refractivity contribution in [3.8, 4) is 0 Å². The molecule has 2 aliphatic rings. The monoisotopic (exact) mass is 277 g/mol. The minimum Gasteiger partial charge on any atom is -0.328 e. The number of aryl methyl sites for hydroxylation is 1. The van der Waals surface area contributed by atoms with Crippen molar-refractivity contribution in [1.82, 2.24) is 25.0 Å². The van der Waals surface area contributed by atoms with Crippen molar-refractivity contribution in [2.24, 2.45) is 13.0 Å². The van der Waals surface area contributed by atoms with Crippen molar-refractivity contribution in [2.45, 2.75) is 51.1 Å². The molecule has 1 aromatic heterocycles. The lowest BCUT2D eigenvalue weighted by molar-refractivity contribution is 0.137. The summed E-state index contributed by atoms with van der Waals surface area (Å²) in [5, 5.41) is 11.0. The molecule has 110 valence electrons. The third kappa shape index (κ3) is 2.39. The highest BCUT2D eigenvalue weighted by molar-refractivity contribution is 5.75.